The Morgan fingerprint density at radius 2 is 1.79 bits per heavy atom. The van der Waals surface area contributed by atoms with Gasteiger partial charge in [-0.2, -0.15) is 5.26 Å². The van der Waals surface area contributed by atoms with Crippen LogP contribution >= 0.6 is 23.2 Å². The summed E-state index contributed by atoms with van der Waals surface area (Å²) in [5.74, 6) is -0.945. The quantitative estimate of drug-likeness (QED) is 0.414. The zero-order valence-corrected chi connectivity index (χ0v) is 16.2. The Morgan fingerprint density at radius 3 is 2.45 bits per heavy atom. The normalized spacial score (nSPS) is 11.0. The number of carbonyl (C=O) groups is 2. The predicted octanol–water partition coefficient (Wildman–Crippen LogP) is 5.50. The fraction of sp³-hybridized carbons (Fsp3) is 0. The van der Waals surface area contributed by atoms with Crippen LogP contribution in [0.1, 0.15) is 16.1 Å². The number of carboxylic acids is 1. The van der Waals surface area contributed by atoms with Crippen molar-refractivity contribution in [3.63, 3.8) is 0 Å². The van der Waals surface area contributed by atoms with Crippen LogP contribution in [0.15, 0.2) is 64.6 Å². The highest BCUT2D eigenvalue weighted by Gasteiger charge is 2.13. The molecule has 1 amide bonds. The summed E-state index contributed by atoms with van der Waals surface area (Å²) in [7, 11) is 0. The van der Waals surface area contributed by atoms with E-state index in [2.05, 4.69) is 5.32 Å². The second kappa shape index (κ2) is 8.65. The second-order valence-corrected chi connectivity index (χ2v) is 6.68. The largest absolute Gasteiger partial charge is 0.478 e. The lowest BCUT2D eigenvalue weighted by Gasteiger charge is -2.06. The number of rotatable bonds is 5. The molecule has 1 heterocycles. The number of anilines is 1. The third-order valence-electron chi connectivity index (χ3n) is 3.87. The summed E-state index contributed by atoms with van der Waals surface area (Å²) < 4.78 is 5.64. The van der Waals surface area contributed by atoms with Crippen molar-refractivity contribution in [1.82, 2.24) is 0 Å². The Hall–Kier alpha value is -3.53. The summed E-state index contributed by atoms with van der Waals surface area (Å²) in [4.78, 5) is 23.3. The maximum absolute atomic E-state index is 12.4. The van der Waals surface area contributed by atoms with E-state index in [1.165, 1.54) is 30.3 Å². The smallest absolute Gasteiger partial charge is 0.335 e. The number of carbonyl (C=O) groups excluding carboxylic acids is 1. The number of nitrogens with zero attached hydrogens (tertiary/aromatic N) is 1. The number of halogens is 2. The lowest BCUT2D eigenvalue weighted by Crippen LogP contribution is -2.13. The lowest BCUT2D eigenvalue weighted by atomic mass is 10.1. The number of carboxylic acid groups (broad SMARTS) is 1. The van der Waals surface area contributed by atoms with Gasteiger partial charge in [0, 0.05) is 16.7 Å². The van der Waals surface area contributed by atoms with Crippen molar-refractivity contribution >= 4 is 46.8 Å². The van der Waals surface area contributed by atoms with Crippen LogP contribution in [0, 0.1) is 11.3 Å². The lowest BCUT2D eigenvalue weighted by molar-refractivity contribution is -0.112. The molecule has 0 aliphatic heterocycles. The van der Waals surface area contributed by atoms with E-state index in [-0.39, 0.29) is 27.6 Å². The third-order valence-corrected chi connectivity index (χ3v) is 4.44. The molecule has 0 atom stereocenters. The van der Waals surface area contributed by atoms with E-state index in [1.807, 2.05) is 6.07 Å². The first-order valence-corrected chi connectivity index (χ1v) is 8.95. The van der Waals surface area contributed by atoms with Crippen LogP contribution < -0.4 is 5.32 Å². The molecular formula is C21H12Cl2N2O4. The number of hydrogen-bond donors (Lipinski definition) is 2. The van der Waals surface area contributed by atoms with Crippen molar-refractivity contribution < 1.29 is 19.1 Å². The van der Waals surface area contributed by atoms with E-state index < -0.39 is 11.9 Å². The number of benzene rings is 2. The van der Waals surface area contributed by atoms with Crippen molar-refractivity contribution in [2.75, 3.05) is 5.32 Å². The maximum Gasteiger partial charge on any atom is 0.335 e. The third kappa shape index (κ3) is 4.85. The average Bonchev–Trinajstić information content (AvgIpc) is 3.17. The van der Waals surface area contributed by atoms with Crippen LogP contribution in [0.2, 0.25) is 10.0 Å². The summed E-state index contributed by atoms with van der Waals surface area (Å²) in [5.41, 5.74) is 0.902. The molecule has 0 saturated heterocycles. The van der Waals surface area contributed by atoms with Crippen LogP contribution in [0.5, 0.6) is 0 Å². The van der Waals surface area contributed by atoms with Crippen molar-refractivity contribution in [2.45, 2.75) is 0 Å². The maximum atomic E-state index is 12.4. The van der Waals surface area contributed by atoms with Crippen molar-refractivity contribution in [2.24, 2.45) is 0 Å². The number of amides is 1. The van der Waals surface area contributed by atoms with Gasteiger partial charge in [-0.25, -0.2) is 4.79 Å². The topological polar surface area (TPSA) is 103 Å². The molecule has 0 radical (unpaired) electrons. The Labute approximate surface area is 175 Å². The van der Waals surface area contributed by atoms with Crippen molar-refractivity contribution in [3.05, 3.63) is 81.5 Å². The Bertz CT molecular complexity index is 1160. The van der Waals surface area contributed by atoms with Crippen LogP contribution in [0.25, 0.3) is 17.4 Å². The number of nitriles is 1. The average molecular weight is 427 g/mol. The molecule has 0 bridgehead atoms. The minimum Gasteiger partial charge on any atom is -0.478 e. The molecule has 144 valence electrons. The Kier molecular flexibility index (Phi) is 6.03. The SMILES string of the molecule is N#C/C(=C/c1ccc(-c2ccc(C(=O)O)cc2)o1)C(=O)Nc1cc(Cl)ccc1Cl. The molecule has 6 nitrogen and oxygen atoms in total. The highest BCUT2D eigenvalue weighted by molar-refractivity contribution is 6.36. The molecule has 0 unspecified atom stereocenters. The van der Waals surface area contributed by atoms with Gasteiger partial charge in [-0.15, -0.1) is 0 Å². The standard InChI is InChI=1S/C21H12Cl2N2O4/c22-15-5-7-17(23)18(10-15)25-20(26)14(11-24)9-16-6-8-19(29-16)12-1-3-13(4-2-12)21(27)28/h1-10H,(H,25,26)(H,27,28)/b14-9-. The monoisotopic (exact) mass is 426 g/mol. The highest BCUT2D eigenvalue weighted by atomic mass is 35.5. The highest BCUT2D eigenvalue weighted by Crippen LogP contribution is 2.27. The van der Waals surface area contributed by atoms with Gasteiger partial charge in [-0.1, -0.05) is 35.3 Å². The Balaban J connectivity index is 1.81. The molecule has 29 heavy (non-hydrogen) atoms. The van der Waals surface area contributed by atoms with Crippen LogP contribution in [-0.4, -0.2) is 17.0 Å². The zero-order chi connectivity index (χ0) is 21.0. The molecule has 3 rings (SSSR count). The molecule has 0 saturated carbocycles. The minimum absolute atomic E-state index is 0.156. The number of furan rings is 1. The zero-order valence-electron chi connectivity index (χ0n) is 14.6. The van der Waals surface area contributed by atoms with E-state index in [4.69, 9.17) is 32.7 Å². The molecule has 0 fully saturated rings. The fourth-order valence-electron chi connectivity index (χ4n) is 2.44. The van der Waals surface area contributed by atoms with Gasteiger partial charge in [0.2, 0.25) is 0 Å². The molecular weight excluding hydrogens is 415 g/mol. The van der Waals surface area contributed by atoms with Gasteiger partial charge in [0.15, 0.2) is 0 Å². The van der Waals surface area contributed by atoms with Gasteiger partial charge in [0.25, 0.3) is 5.91 Å². The molecule has 0 spiro atoms. The van der Waals surface area contributed by atoms with Gasteiger partial charge in [-0.05, 0) is 42.5 Å². The number of hydrogen-bond acceptors (Lipinski definition) is 4. The minimum atomic E-state index is -1.02. The van der Waals surface area contributed by atoms with Gasteiger partial charge < -0.3 is 14.8 Å². The van der Waals surface area contributed by atoms with Crippen LogP contribution in [0.4, 0.5) is 5.69 Å². The predicted molar refractivity (Wildman–Crippen MR) is 110 cm³/mol. The second-order valence-electron chi connectivity index (χ2n) is 5.83. The van der Waals surface area contributed by atoms with Crippen LogP contribution in [-0.2, 0) is 4.79 Å². The first-order chi connectivity index (χ1) is 13.9. The summed E-state index contributed by atoms with van der Waals surface area (Å²) in [6, 6.07) is 15.8. The summed E-state index contributed by atoms with van der Waals surface area (Å²) in [5, 5.41) is 21.5. The van der Waals surface area contributed by atoms with E-state index in [0.29, 0.717) is 16.3 Å². The van der Waals surface area contributed by atoms with Crippen molar-refractivity contribution in [1.29, 1.82) is 5.26 Å². The van der Waals surface area contributed by atoms with E-state index in [9.17, 15) is 14.9 Å². The molecule has 2 aromatic carbocycles. The molecule has 1 aromatic heterocycles. The van der Waals surface area contributed by atoms with E-state index in [1.54, 1.807) is 30.3 Å². The van der Waals surface area contributed by atoms with E-state index >= 15 is 0 Å². The first-order valence-electron chi connectivity index (χ1n) is 8.19. The molecule has 2 N–H and O–H groups in total. The summed E-state index contributed by atoms with van der Waals surface area (Å²) >= 11 is 11.9. The first kappa shape index (κ1) is 20.2. The molecule has 3 aromatic rings. The van der Waals surface area contributed by atoms with Crippen molar-refractivity contribution in [3.8, 4) is 17.4 Å². The fourth-order valence-corrected chi connectivity index (χ4v) is 2.77. The summed E-state index contributed by atoms with van der Waals surface area (Å²) in [6.45, 7) is 0. The number of nitrogens with one attached hydrogen (secondary N) is 1. The van der Waals surface area contributed by atoms with Crippen LogP contribution in [0.3, 0.4) is 0 Å². The summed E-state index contributed by atoms with van der Waals surface area (Å²) in [6.07, 6.45) is 1.29. The van der Waals surface area contributed by atoms with Gasteiger partial charge in [0.05, 0.1) is 16.3 Å². The van der Waals surface area contributed by atoms with E-state index in [0.717, 1.165) is 0 Å². The van der Waals surface area contributed by atoms with Gasteiger partial charge in [-0.3, -0.25) is 4.79 Å². The van der Waals surface area contributed by atoms with Gasteiger partial charge in [0.1, 0.15) is 23.2 Å². The number of aromatic carboxylic acids is 1. The molecule has 0 aliphatic rings. The molecule has 8 heteroatoms. The Morgan fingerprint density at radius 1 is 1.07 bits per heavy atom. The van der Waals surface area contributed by atoms with Gasteiger partial charge >= 0.3 is 5.97 Å². The molecule has 0 aliphatic carbocycles.